The van der Waals surface area contributed by atoms with Crippen LogP contribution in [0.3, 0.4) is 0 Å². The molecule has 2 heterocycles. The maximum absolute atomic E-state index is 13.5. The summed E-state index contributed by atoms with van der Waals surface area (Å²) < 4.78 is 22.5. The third-order valence-corrected chi connectivity index (χ3v) is 8.09. The zero-order valence-corrected chi connectivity index (χ0v) is 25.0. The van der Waals surface area contributed by atoms with Crippen molar-refractivity contribution in [3.05, 3.63) is 82.3 Å². The highest BCUT2D eigenvalue weighted by Crippen LogP contribution is 2.37. The van der Waals surface area contributed by atoms with Gasteiger partial charge in [-0.25, -0.2) is 9.69 Å². The van der Waals surface area contributed by atoms with Gasteiger partial charge in [-0.2, -0.15) is 0 Å². The van der Waals surface area contributed by atoms with Crippen molar-refractivity contribution in [2.45, 2.75) is 56.8 Å². The molecule has 0 bridgehead atoms. The first-order valence-electron chi connectivity index (χ1n) is 13.9. The lowest BCUT2D eigenvalue weighted by Gasteiger charge is -2.37. The van der Waals surface area contributed by atoms with E-state index in [1.807, 2.05) is 60.7 Å². The van der Waals surface area contributed by atoms with Gasteiger partial charge in [0.15, 0.2) is 11.6 Å². The van der Waals surface area contributed by atoms with E-state index in [4.69, 9.17) is 18.9 Å². The van der Waals surface area contributed by atoms with E-state index in [0.29, 0.717) is 19.4 Å². The first-order valence-corrected chi connectivity index (χ1v) is 14.7. The maximum Gasteiger partial charge on any atom is 0.416 e. The van der Waals surface area contributed by atoms with Crippen molar-refractivity contribution in [1.29, 1.82) is 0 Å². The fraction of sp³-hybridized carbons (Fsp3) is 0.452. The van der Waals surface area contributed by atoms with Gasteiger partial charge in [0, 0.05) is 13.0 Å². The average Bonchev–Trinajstić information content (AvgIpc) is 3.36. The Labute approximate surface area is 253 Å². The molecule has 226 valence electrons. The van der Waals surface area contributed by atoms with Gasteiger partial charge in [-0.15, -0.1) is 0 Å². The van der Waals surface area contributed by atoms with E-state index in [1.165, 1.54) is 13.0 Å². The van der Waals surface area contributed by atoms with Crippen molar-refractivity contribution in [1.82, 2.24) is 4.90 Å². The Morgan fingerprint density at radius 2 is 1.79 bits per heavy atom. The summed E-state index contributed by atoms with van der Waals surface area (Å²) in [5, 5.41) is 20.9. The predicted octanol–water partition coefficient (Wildman–Crippen LogP) is 3.52. The number of nitrogens with zero attached hydrogens (tertiary/aromatic N) is 1. The fourth-order valence-corrected chi connectivity index (χ4v) is 5.37. The molecule has 0 aromatic heterocycles. The highest BCUT2D eigenvalue weighted by atomic mass is 79.9. The zero-order valence-electron chi connectivity index (χ0n) is 23.4. The third kappa shape index (κ3) is 8.12. The van der Waals surface area contributed by atoms with Gasteiger partial charge in [-0.05, 0) is 46.0 Å². The summed E-state index contributed by atoms with van der Waals surface area (Å²) in [5.74, 6) is -4.05. The van der Waals surface area contributed by atoms with E-state index in [2.05, 4.69) is 15.9 Å². The number of ketones is 1. The van der Waals surface area contributed by atoms with Crippen LogP contribution in [-0.4, -0.2) is 83.4 Å². The summed E-state index contributed by atoms with van der Waals surface area (Å²) >= 11 is 3.24. The van der Waals surface area contributed by atoms with Crippen LogP contribution < -0.4 is 0 Å². The normalized spacial score (nSPS) is 23.8. The number of imide groups is 1. The molecule has 2 aromatic rings. The van der Waals surface area contributed by atoms with Gasteiger partial charge >= 0.3 is 6.09 Å². The van der Waals surface area contributed by atoms with Crippen LogP contribution in [0.5, 0.6) is 0 Å². The number of aliphatic hydroxyl groups excluding tert-OH is 1. The molecule has 42 heavy (non-hydrogen) atoms. The molecular formula is C31H36BrNO9. The van der Waals surface area contributed by atoms with E-state index in [-0.39, 0.29) is 37.3 Å². The second-order valence-corrected chi connectivity index (χ2v) is 11.3. The Balaban J connectivity index is 1.29. The second kappa shape index (κ2) is 15.0. The molecule has 4 rings (SSSR count). The maximum atomic E-state index is 13.5. The summed E-state index contributed by atoms with van der Waals surface area (Å²) in [5.41, 5.74) is 1.92. The van der Waals surface area contributed by atoms with Gasteiger partial charge in [-0.3, -0.25) is 9.59 Å². The molecule has 1 saturated heterocycles. The van der Waals surface area contributed by atoms with Crippen LogP contribution in [0.1, 0.15) is 30.9 Å². The lowest BCUT2D eigenvalue weighted by molar-refractivity contribution is -0.217. The average molecular weight is 647 g/mol. The van der Waals surface area contributed by atoms with Crippen molar-refractivity contribution in [2.24, 2.45) is 5.92 Å². The number of carbonyl (C=O) groups is 3. The van der Waals surface area contributed by atoms with Crippen LogP contribution >= 0.6 is 15.9 Å². The first kappa shape index (κ1) is 32.0. The van der Waals surface area contributed by atoms with Crippen molar-refractivity contribution in [3.8, 4) is 0 Å². The molecule has 10 nitrogen and oxygen atoms in total. The van der Waals surface area contributed by atoms with E-state index >= 15 is 0 Å². The molecule has 2 aromatic carbocycles. The minimum absolute atomic E-state index is 0.0511. The van der Waals surface area contributed by atoms with Crippen molar-refractivity contribution < 1.29 is 43.5 Å². The van der Waals surface area contributed by atoms with Crippen molar-refractivity contribution >= 4 is 33.7 Å². The minimum Gasteiger partial charge on any atom is -0.447 e. The van der Waals surface area contributed by atoms with Gasteiger partial charge in [0.05, 0.1) is 36.3 Å². The highest BCUT2D eigenvalue weighted by Gasteiger charge is 2.48. The highest BCUT2D eigenvalue weighted by molar-refractivity contribution is 9.11. The molecule has 0 spiro atoms. The van der Waals surface area contributed by atoms with Crippen LogP contribution in [0, 0.1) is 5.92 Å². The van der Waals surface area contributed by atoms with E-state index in [0.717, 1.165) is 16.0 Å². The monoisotopic (exact) mass is 645 g/mol. The van der Waals surface area contributed by atoms with Gasteiger partial charge < -0.3 is 29.2 Å². The van der Waals surface area contributed by atoms with Crippen LogP contribution in [0.2, 0.25) is 0 Å². The molecular weight excluding hydrogens is 610 g/mol. The largest absolute Gasteiger partial charge is 0.447 e. The van der Waals surface area contributed by atoms with Crippen molar-refractivity contribution in [2.75, 3.05) is 26.4 Å². The Morgan fingerprint density at radius 1 is 1.12 bits per heavy atom. The summed E-state index contributed by atoms with van der Waals surface area (Å²) in [7, 11) is 0. The number of benzene rings is 2. The topological polar surface area (TPSA) is 132 Å². The zero-order chi connectivity index (χ0) is 30.1. The number of carbonyl (C=O) groups excluding carboxylic acids is 3. The third-order valence-electron chi connectivity index (χ3n) is 7.24. The Bertz CT molecular complexity index is 1240. The summed E-state index contributed by atoms with van der Waals surface area (Å²) in [6.45, 7) is 2.07. The predicted molar refractivity (Wildman–Crippen MR) is 155 cm³/mol. The van der Waals surface area contributed by atoms with Crippen LogP contribution in [0.15, 0.2) is 71.2 Å². The Morgan fingerprint density at radius 3 is 2.45 bits per heavy atom. The lowest BCUT2D eigenvalue weighted by Crippen LogP contribution is -2.52. The van der Waals surface area contributed by atoms with E-state index < -0.39 is 47.7 Å². The molecule has 2 amide bonds. The number of rotatable bonds is 14. The molecule has 1 fully saturated rings. The second-order valence-electron chi connectivity index (χ2n) is 10.4. The molecule has 2 aliphatic heterocycles. The van der Waals surface area contributed by atoms with Gasteiger partial charge in [-0.1, -0.05) is 67.6 Å². The number of halogens is 1. The number of hydrogen-bond donors (Lipinski definition) is 2. The molecule has 2 N–H and O–H groups in total. The number of amides is 2. The van der Waals surface area contributed by atoms with Gasteiger partial charge in [0.1, 0.15) is 18.8 Å². The molecule has 0 radical (unpaired) electrons. The molecule has 2 aliphatic rings. The summed E-state index contributed by atoms with van der Waals surface area (Å²) in [6.07, 6.45) is -0.559. The summed E-state index contributed by atoms with van der Waals surface area (Å²) in [4.78, 5) is 39.9. The molecule has 5 atom stereocenters. The van der Waals surface area contributed by atoms with Crippen LogP contribution in [0.25, 0.3) is 0 Å². The fourth-order valence-electron chi connectivity index (χ4n) is 4.86. The Hall–Kier alpha value is -2.93. The summed E-state index contributed by atoms with van der Waals surface area (Å²) in [6, 6.07) is 18.5. The SMILES string of the molecule is C[C@@H](C(=O)N1C(=O)OC[C@H]1Cc1ccccc1)[C@@H]1O[C@@](O)(CCCOC[C@@H](CO)OCc2ccccc2)C(Br)=CC1=O. The van der Waals surface area contributed by atoms with Gasteiger partial charge in [0.2, 0.25) is 5.91 Å². The van der Waals surface area contributed by atoms with Crippen LogP contribution in [-0.2, 0) is 41.6 Å². The molecule has 0 aliphatic carbocycles. The standard InChI is InChI=1S/C31H36BrNO9/c1-21(29(36)33-24(19-41-30(33)37)15-22-9-4-2-5-10-22)28-26(35)16-27(32)31(38,42-28)13-8-14-39-20-25(17-34)40-18-23-11-6-3-7-12-23/h2-7,9-12,16,21,24-25,28,34,38H,8,13-15,17-20H2,1H3/t21-,24-,25-,28+,31+/m1/s1. The first-order chi connectivity index (χ1) is 20.2. The van der Waals surface area contributed by atoms with Crippen molar-refractivity contribution in [3.63, 3.8) is 0 Å². The number of aliphatic hydroxyl groups is 2. The van der Waals surface area contributed by atoms with E-state index in [1.54, 1.807) is 0 Å². The minimum atomic E-state index is -1.87. The molecule has 11 heteroatoms. The quantitative estimate of drug-likeness (QED) is 0.296. The number of ether oxygens (including phenoxy) is 4. The Kier molecular flexibility index (Phi) is 11.4. The smallest absolute Gasteiger partial charge is 0.416 e. The van der Waals surface area contributed by atoms with Gasteiger partial charge in [0.25, 0.3) is 0 Å². The van der Waals surface area contributed by atoms with Crippen LogP contribution in [0.4, 0.5) is 4.79 Å². The molecule has 0 unspecified atom stereocenters. The molecule has 0 saturated carbocycles. The van der Waals surface area contributed by atoms with E-state index in [9.17, 15) is 24.6 Å². The lowest BCUT2D eigenvalue weighted by atomic mass is 9.93. The number of hydrogen-bond acceptors (Lipinski definition) is 9. The number of cyclic esters (lactones) is 1.